The molecule has 194 valence electrons. The molecule has 0 N–H and O–H groups in total. The van der Waals surface area contributed by atoms with Crippen LogP contribution in [0.1, 0.15) is 0 Å². The quantitative estimate of drug-likeness (QED) is 0.221. The van der Waals surface area contributed by atoms with Gasteiger partial charge >= 0.3 is 0 Å². The lowest BCUT2D eigenvalue weighted by Gasteiger charge is -2.20. The van der Waals surface area contributed by atoms with E-state index >= 15 is 0 Å². The molecule has 1 nitrogen and oxygen atoms in total. The van der Waals surface area contributed by atoms with Crippen LogP contribution in [0.4, 0.5) is 0 Å². The molecule has 0 saturated heterocycles. The molecular formula is C41H25N. The van der Waals surface area contributed by atoms with Gasteiger partial charge in [0.2, 0.25) is 0 Å². The Bertz CT molecular complexity index is 2240. The average molecular weight is 532 g/mol. The fourth-order valence-corrected chi connectivity index (χ4v) is 7.06. The first-order chi connectivity index (χ1) is 20.9. The summed E-state index contributed by atoms with van der Waals surface area (Å²) in [4.78, 5) is 4.93. The second-order valence-corrected chi connectivity index (χ2v) is 11.1. The molecule has 1 aliphatic rings. The Morgan fingerprint density at radius 1 is 0.357 bits per heavy atom. The normalized spacial score (nSPS) is 11.8. The third-order valence-electron chi connectivity index (χ3n) is 8.83. The molecule has 0 aliphatic heterocycles. The van der Waals surface area contributed by atoms with E-state index in [4.69, 9.17) is 4.98 Å². The van der Waals surface area contributed by atoms with E-state index in [0.717, 1.165) is 11.1 Å². The minimum atomic E-state index is 1.00. The summed E-state index contributed by atoms with van der Waals surface area (Å²) in [6.07, 6.45) is 2.00. The number of hydrogen-bond acceptors (Lipinski definition) is 1. The minimum Gasteiger partial charge on any atom is -0.256 e. The van der Waals surface area contributed by atoms with Crippen LogP contribution in [0.3, 0.4) is 0 Å². The highest BCUT2D eigenvalue weighted by Gasteiger charge is 2.31. The van der Waals surface area contributed by atoms with Crippen LogP contribution < -0.4 is 0 Å². The molecule has 0 saturated carbocycles. The van der Waals surface area contributed by atoms with Gasteiger partial charge in [-0.1, -0.05) is 140 Å². The molecule has 42 heavy (non-hydrogen) atoms. The first-order valence-corrected chi connectivity index (χ1v) is 14.5. The Hall–Kier alpha value is -5.53. The van der Waals surface area contributed by atoms with Crippen molar-refractivity contribution in [1.82, 2.24) is 4.98 Å². The maximum atomic E-state index is 4.93. The number of aromatic nitrogens is 1. The molecule has 0 bridgehead atoms. The van der Waals surface area contributed by atoms with Crippen LogP contribution in [0.25, 0.3) is 88.1 Å². The van der Waals surface area contributed by atoms with E-state index in [0.29, 0.717) is 0 Å². The van der Waals surface area contributed by atoms with Crippen molar-refractivity contribution < 1.29 is 0 Å². The molecular weight excluding hydrogens is 506 g/mol. The van der Waals surface area contributed by atoms with Crippen molar-refractivity contribution in [3.8, 4) is 55.8 Å². The van der Waals surface area contributed by atoms with E-state index in [1.54, 1.807) is 0 Å². The maximum absolute atomic E-state index is 4.93. The van der Waals surface area contributed by atoms with Gasteiger partial charge in [-0.05, 0) is 77.5 Å². The van der Waals surface area contributed by atoms with E-state index < -0.39 is 0 Å². The van der Waals surface area contributed by atoms with Crippen molar-refractivity contribution in [2.75, 3.05) is 0 Å². The smallest absolute Gasteiger partial charge is 0.0714 e. The second kappa shape index (κ2) is 8.99. The summed E-state index contributed by atoms with van der Waals surface area (Å²) in [6.45, 7) is 0. The predicted octanol–water partition coefficient (Wildman–Crippen LogP) is 11.2. The SMILES string of the molecule is c1ccc(-c2c3c(c(-c4ccccc4)c4ccccc24)-c2ccc(-c4cc5ccccc5cn4)c4cccc-3c24)cc1. The molecule has 1 heterocycles. The van der Waals surface area contributed by atoms with E-state index in [9.17, 15) is 0 Å². The minimum absolute atomic E-state index is 1.00. The Labute approximate surface area is 244 Å². The number of nitrogens with zero attached hydrogens (tertiary/aromatic N) is 1. The lowest BCUT2D eigenvalue weighted by atomic mass is 9.82. The molecule has 1 heteroatoms. The van der Waals surface area contributed by atoms with Gasteiger partial charge in [-0.2, -0.15) is 0 Å². The number of fused-ring (bicyclic) bond motifs is 5. The van der Waals surface area contributed by atoms with Gasteiger partial charge in [-0.15, -0.1) is 0 Å². The lowest BCUT2D eigenvalue weighted by Crippen LogP contribution is -1.93. The molecule has 8 aromatic rings. The first-order valence-electron chi connectivity index (χ1n) is 14.5. The van der Waals surface area contributed by atoms with Crippen molar-refractivity contribution >= 4 is 32.3 Å². The highest BCUT2D eigenvalue weighted by molar-refractivity contribution is 6.28. The highest BCUT2D eigenvalue weighted by Crippen LogP contribution is 2.58. The fraction of sp³-hybridized carbons (Fsp3) is 0. The van der Waals surface area contributed by atoms with Crippen molar-refractivity contribution in [3.05, 3.63) is 152 Å². The summed E-state index contributed by atoms with van der Waals surface area (Å²) in [5, 5.41) is 7.48. The van der Waals surface area contributed by atoms with E-state index in [1.807, 2.05) is 6.20 Å². The van der Waals surface area contributed by atoms with E-state index in [2.05, 4.69) is 146 Å². The summed E-state index contributed by atoms with van der Waals surface area (Å²) in [7, 11) is 0. The van der Waals surface area contributed by atoms with Crippen molar-refractivity contribution in [2.24, 2.45) is 0 Å². The van der Waals surface area contributed by atoms with Crippen molar-refractivity contribution in [3.63, 3.8) is 0 Å². The molecule has 0 atom stereocenters. The number of pyridine rings is 1. The van der Waals surface area contributed by atoms with Crippen molar-refractivity contribution in [1.29, 1.82) is 0 Å². The Balaban J connectivity index is 1.44. The second-order valence-electron chi connectivity index (χ2n) is 11.1. The Morgan fingerprint density at radius 2 is 0.881 bits per heavy atom. The summed E-state index contributed by atoms with van der Waals surface area (Å²) in [6, 6.07) is 52.8. The Kier molecular flexibility index (Phi) is 4.97. The molecule has 0 spiro atoms. The van der Waals surface area contributed by atoms with Crippen molar-refractivity contribution in [2.45, 2.75) is 0 Å². The zero-order chi connectivity index (χ0) is 27.6. The Morgan fingerprint density at radius 3 is 1.55 bits per heavy atom. The molecule has 0 fully saturated rings. The summed E-state index contributed by atoms with van der Waals surface area (Å²) < 4.78 is 0. The van der Waals surface area contributed by atoms with Crippen LogP contribution >= 0.6 is 0 Å². The van der Waals surface area contributed by atoms with Gasteiger partial charge < -0.3 is 0 Å². The zero-order valence-corrected chi connectivity index (χ0v) is 22.9. The molecule has 0 unspecified atom stereocenters. The standard InChI is InChI=1S/C41H25N/c1-3-12-26(13-4-1)37-32-18-9-10-19-33(32)38(27-14-5-2-6-15-27)41-35-23-22-30(31-20-11-21-34(39(31)35)40(37)41)36-24-28-16-7-8-17-29(28)25-42-36/h1-25H. The van der Waals surface area contributed by atoms with Gasteiger partial charge in [0.25, 0.3) is 0 Å². The van der Waals surface area contributed by atoms with Crippen LogP contribution in [-0.4, -0.2) is 4.98 Å². The zero-order valence-electron chi connectivity index (χ0n) is 22.9. The number of benzene rings is 7. The molecule has 7 aromatic carbocycles. The van der Waals surface area contributed by atoms with Gasteiger partial charge in [-0.3, -0.25) is 4.98 Å². The molecule has 1 aliphatic carbocycles. The van der Waals surface area contributed by atoms with Gasteiger partial charge in [0.1, 0.15) is 0 Å². The summed E-state index contributed by atoms with van der Waals surface area (Å²) in [5.74, 6) is 0. The van der Waals surface area contributed by atoms with Crippen LogP contribution in [-0.2, 0) is 0 Å². The average Bonchev–Trinajstić information content (AvgIpc) is 3.39. The summed E-state index contributed by atoms with van der Waals surface area (Å²) in [5.41, 5.74) is 12.5. The van der Waals surface area contributed by atoms with Crippen LogP contribution in [0.5, 0.6) is 0 Å². The van der Waals surface area contributed by atoms with E-state index in [1.165, 1.54) is 77.0 Å². The summed E-state index contributed by atoms with van der Waals surface area (Å²) >= 11 is 0. The van der Waals surface area contributed by atoms with Gasteiger partial charge in [0, 0.05) is 17.1 Å². The van der Waals surface area contributed by atoms with Gasteiger partial charge in [-0.25, -0.2) is 0 Å². The first kappa shape index (κ1) is 23.2. The molecule has 1 aromatic heterocycles. The topological polar surface area (TPSA) is 12.9 Å². The molecule has 0 radical (unpaired) electrons. The monoisotopic (exact) mass is 531 g/mol. The lowest BCUT2D eigenvalue weighted by molar-refractivity contribution is 1.36. The largest absolute Gasteiger partial charge is 0.256 e. The highest BCUT2D eigenvalue weighted by atomic mass is 14.7. The predicted molar refractivity (Wildman–Crippen MR) is 177 cm³/mol. The van der Waals surface area contributed by atoms with Crippen LogP contribution in [0, 0.1) is 0 Å². The molecule has 9 rings (SSSR count). The third-order valence-corrected chi connectivity index (χ3v) is 8.83. The third kappa shape index (κ3) is 3.28. The fourth-order valence-electron chi connectivity index (χ4n) is 7.06. The van der Waals surface area contributed by atoms with Crippen LogP contribution in [0.15, 0.2) is 152 Å². The number of hydrogen-bond donors (Lipinski definition) is 0. The van der Waals surface area contributed by atoms with Gasteiger partial charge in [0.05, 0.1) is 5.69 Å². The molecule has 0 amide bonds. The maximum Gasteiger partial charge on any atom is 0.0714 e. The van der Waals surface area contributed by atoms with E-state index in [-0.39, 0.29) is 0 Å². The van der Waals surface area contributed by atoms with Crippen LogP contribution in [0.2, 0.25) is 0 Å². The number of rotatable bonds is 3. The van der Waals surface area contributed by atoms with Gasteiger partial charge in [0.15, 0.2) is 0 Å².